The molecule has 2 N–H and O–H groups in total. The fraction of sp³-hybridized carbons (Fsp3) is 0.308. The molecule has 3 heteroatoms. The number of carbonyl (C=O) groups is 1. The van der Waals surface area contributed by atoms with Gasteiger partial charge in [-0.1, -0.05) is 30.7 Å². The second-order valence-electron chi connectivity index (χ2n) is 3.79. The highest BCUT2D eigenvalue weighted by molar-refractivity contribution is 6.31. The minimum absolute atomic E-state index is 0.371. The van der Waals surface area contributed by atoms with Gasteiger partial charge in [-0.25, -0.2) is 0 Å². The van der Waals surface area contributed by atoms with Crippen LogP contribution in [0, 0.1) is 6.92 Å². The number of halogens is 1. The molecule has 0 spiro atoms. The summed E-state index contributed by atoms with van der Waals surface area (Å²) in [5, 5.41) is 0.732. The van der Waals surface area contributed by atoms with Crippen molar-refractivity contribution >= 4 is 23.1 Å². The van der Waals surface area contributed by atoms with Crippen LogP contribution < -0.4 is 5.73 Å². The van der Waals surface area contributed by atoms with E-state index in [1.165, 1.54) is 0 Å². The molecule has 0 saturated carbocycles. The Morgan fingerprint density at radius 2 is 2.06 bits per heavy atom. The minimum Gasteiger partial charge on any atom is -0.366 e. The van der Waals surface area contributed by atoms with E-state index in [-0.39, 0.29) is 5.91 Å². The molecule has 0 aliphatic heterocycles. The van der Waals surface area contributed by atoms with E-state index in [1.807, 2.05) is 32.0 Å². The highest BCUT2D eigenvalue weighted by atomic mass is 35.5. The molecule has 1 aromatic carbocycles. The zero-order valence-electron chi connectivity index (χ0n) is 9.80. The number of hydrogen-bond acceptors (Lipinski definition) is 1. The lowest BCUT2D eigenvalue weighted by Gasteiger charge is -2.10. The van der Waals surface area contributed by atoms with Gasteiger partial charge in [-0.2, -0.15) is 0 Å². The maximum absolute atomic E-state index is 11.2. The zero-order valence-corrected chi connectivity index (χ0v) is 10.6. The van der Waals surface area contributed by atoms with Crippen molar-refractivity contribution in [1.29, 1.82) is 0 Å². The van der Waals surface area contributed by atoms with E-state index in [1.54, 1.807) is 6.92 Å². The van der Waals surface area contributed by atoms with Gasteiger partial charge in [0.25, 0.3) is 0 Å². The fourth-order valence-electron chi connectivity index (χ4n) is 1.67. The van der Waals surface area contributed by atoms with Crippen LogP contribution in [0.3, 0.4) is 0 Å². The predicted octanol–water partition coefficient (Wildman–Crippen LogP) is 3.32. The summed E-state index contributed by atoms with van der Waals surface area (Å²) in [6, 6.07) is 5.74. The first-order valence-corrected chi connectivity index (χ1v) is 5.61. The van der Waals surface area contributed by atoms with Crippen LogP contribution >= 0.6 is 11.6 Å². The van der Waals surface area contributed by atoms with Gasteiger partial charge in [0, 0.05) is 10.6 Å². The number of benzene rings is 1. The van der Waals surface area contributed by atoms with Gasteiger partial charge in [0.1, 0.15) is 0 Å². The van der Waals surface area contributed by atoms with Crippen molar-refractivity contribution < 1.29 is 4.79 Å². The maximum atomic E-state index is 11.2. The molecule has 0 fully saturated rings. The number of primary amides is 1. The van der Waals surface area contributed by atoms with E-state index >= 15 is 0 Å². The third kappa shape index (κ3) is 2.64. The van der Waals surface area contributed by atoms with Gasteiger partial charge in [0.2, 0.25) is 5.91 Å². The summed E-state index contributed by atoms with van der Waals surface area (Å²) in [7, 11) is 0. The summed E-state index contributed by atoms with van der Waals surface area (Å²) in [5.41, 5.74) is 8.91. The summed E-state index contributed by atoms with van der Waals surface area (Å²) in [6.07, 6.45) is 0.774. The lowest BCUT2D eigenvalue weighted by atomic mass is 9.97. The van der Waals surface area contributed by atoms with Gasteiger partial charge >= 0.3 is 0 Å². The first kappa shape index (κ1) is 12.8. The first-order chi connectivity index (χ1) is 7.47. The van der Waals surface area contributed by atoms with Crippen LogP contribution in [-0.4, -0.2) is 5.91 Å². The molecule has 0 aromatic heterocycles. The van der Waals surface area contributed by atoms with Gasteiger partial charge < -0.3 is 5.73 Å². The summed E-state index contributed by atoms with van der Waals surface area (Å²) >= 11 is 5.96. The molecule has 0 aliphatic rings. The molecule has 0 bridgehead atoms. The second kappa shape index (κ2) is 5.17. The van der Waals surface area contributed by atoms with Crippen molar-refractivity contribution in [3.8, 4) is 0 Å². The van der Waals surface area contributed by atoms with E-state index in [0.29, 0.717) is 5.57 Å². The topological polar surface area (TPSA) is 43.1 Å². The Bertz CT molecular complexity index is 449. The molecule has 0 heterocycles. The SMILES string of the molecule is CCC(=C(C)C(N)=O)c1ccc(Cl)c(C)c1. The van der Waals surface area contributed by atoms with E-state index < -0.39 is 0 Å². The third-order valence-electron chi connectivity index (χ3n) is 2.68. The summed E-state index contributed by atoms with van der Waals surface area (Å²) in [4.78, 5) is 11.2. The highest BCUT2D eigenvalue weighted by Gasteiger charge is 2.09. The highest BCUT2D eigenvalue weighted by Crippen LogP contribution is 2.25. The van der Waals surface area contributed by atoms with Crippen LogP contribution in [0.1, 0.15) is 31.4 Å². The van der Waals surface area contributed by atoms with E-state index in [2.05, 4.69) is 0 Å². The quantitative estimate of drug-likeness (QED) is 0.806. The van der Waals surface area contributed by atoms with Crippen LogP contribution in [0.2, 0.25) is 5.02 Å². The maximum Gasteiger partial charge on any atom is 0.244 e. The smallest absolute Gasteiger partial charge is 0.244 e. The number of carbonyl (C=O) groups excluding carboxylic acids is 1. The molecule has 0 saturated heterocycles. The molecule has 1 aromatic rings. The summed E-state index contributed by atoms with van der Waals surface area (Å²) in [6.45, 7) is 5.70. The van der Waals surface area contributed by atoms with Crippen molar-refractivity contribution in [3.63, 3.8) is 0 Å². The van der Waals surface area contributed by atoms with Crippen LogP contribution in [0.25, 0.3) is 5.57 Å². The Morgan fingerprint density at radius 1 is 1.44 bits per heavy atom. The van der Waals surface area contributed by atoms with E-state index in [4.69, 9.17) is 17.3 Å². The molecular weight excluding hydrogens is 222 g/mol. The number of aryl methyl sites for hydroxylation is 1. The van der Waals surface area contributed by atoms with Crippen molar-refractivity contribution in [2.75, 3.05) is 0 Å². The molecule has 1 rings (SSSR count). The van der Waals surface area contributed by atoms with Crippen LogP contribution in [0.5, 0.6) is 0 Å². The molecule has 0 atom stereocenters. The van der Waals surface area contributed by atoms with Crippen molar-refractivity contribution in [3.05, 3.63) is 39.9 Å². The first-order valence-electron chi connectivity index (χ1n) is 5.23. The van der Waals surface area contributed by atoms with Gasteiger partial charge in [0.15, 0.2) is 0 Å². The Morgan fingerprint density at radius 3 is 2.50 bits per heavy atom. The van der Waals surface area contributed by atoms with Crippen molar-refractivity contribution in [2.45, 2.75) is 27.2 Å². The number of rotatable bonds is 3. The molecule has 86 valence electrons. The Kier molecular flexibility index (Phi) is 4.13. The Labute approximate surface area is 101 Å². The fourth-order valence-corrected chi connectivity index (χ4v) is 1.78. The predicted molar refractivity (Wildman–Crippen MR) is 68.3 cm³/mol. The van der Waals surface area contributed by atoms with E-state index in [9.17, 15) is 4.79 Å². The monoisotopic (exact) mass is 237 g/mol. The average Bonchev–Trinajstić information content (AvgIpc) is 2.24. The Hall–Kier alpha value is -1.28. The van der Waals surface area contributed by atoms with E-state index in [0.717, 1.165) is 28.1 Å². The number of allylic oxidation sites excluding steroid dienone is 1. The Balaban J connectivity index is 3.30. The second-order valence-corrected chi connectivity index (χ2v) is 4.19. The minimum atomic E-state index is -0.371. The number of hydrogen-bond donors (Lipinski definition) is 1. The lowest BCUT2D eigenvalue weighted by molar-refractivity contribution is -0.114. The van der Waals surface area contributed by atoms with Crippen LogP contribution in [0.4, 0.5) is 0 Å². The number of amides is 1. The van der Waals surface area contributed by atoms with Gasteiger partial charge in [-0.15, -0.1) is 0 Å². The van der Waals surface area contributed by atoms with Gasteiger partial charge in [-0.3, -0.25) is 4.79 Å². The molecule has 1 amide bonds. The standard InChI is InChI=1S/C13H16ClNO/c1-4-11(9(3)13(15)16)10-5-6-12(14)8(2)7-10/h5-7H,4H2,1-3H3,(H2,15,16). The largest absolute Gasteiger partial charge is 0.366 e. The molecular formula is C13H16ClNO. The lowest BCUT2D eigenvalue weighted by Crippen LogP contribution is -2.13. The van der Waals surface area contributed by atoms with Crippen molar-refractivity contribution in [2.24, 2.45) is 5.73 Å². The normalized spacial score (nSPS) is 12.2. The molecule has 0 unspecified atom stereocenters. The summed E-state index contributed by atoms with van der Waals surface area (Å²) < 4.78 is 0. The van der Waals surface area contributed by atoms with Gasteiger partial charge in [-0.05, 0) is 43.0 Å². The van der Waals surface area contributed by atoms with Crippen LogP contribution in [0.15, 0.2) is 23.8 Å². The molecule has 0 radical (unpaired) electrons. The molecule has 16 heavy (non-hydrogen) atoms. The molecule has 2 nitrogen and oxygen atoms in total. The van der Waals surface area contributed by atoms with Crippen molar-refractivity contribution in [1.82, 2.24) is 0 Å². The average molecular weight is 238 g/mol. The molecule has 0 aliphatic carbocycles. The van der Waals surface area contributed by atoms with Gasteiger partial charge in [0.05, 0.1) is 0 Å². The summed E-state index contributed by atoms with van der Waals surface area (Å²) in [5.74, 6) is -0.371. The van der Waals surface area contributed by atoms with Crippen LogP contribution in [-0.2, 0) is 4.79 Å². The third-order valence-corrected chi connectivity index (χ3v) is 3.11. The zero-order chi connectivity index (χ0) is 12.3. The number of nitrogens with two attached hydrogens (primary N) is 1.